The molecule has 2 aromatic rings. The highest BCUT2D eigenvalue weighted by Gasteiger charge is 2.26. The number of methoxy groups -OCH3 is 1. The minimum atomic E-state index is -1.58. The van der Waals surface area contributed by atoms with Gasteiger partial charge in [0.15, 0.2) is 5.92 Å². The average Bonchev–Trinajstić information content (AvgIpc) is 2.65. The van der Waals surface area contributed by atoms with Gasteiger partial charge in [-0.05, 0) is 36.2 Å². The monoisotopic (exact) mass is 407 g/mol. The summed E-state index contributed by atoms with van der Waals surface area (Å²) in [5, 5.41) is 20.9. The Kier molecular flexibility index (Phi) is 7.22. The van der Waals surface area contributed by atoms with E-state index in [4.69, 9.17) is 31.3 Å². The van der Waals surface area contributed by atoms with Crippen molar-refractivity contribution in [1.29, 1.82) is 0 Å². The van der Waals surface area contributed by atoms with Gasteiger partial charge >= 0.3 is 18.0 Å². The van der Waals surface area contributed by atoms with Gasteiger partial charge in [0.05, 0.1) is 17.8 Å². The Morgan fingerprint density at radius 1 is 1.11 bits per heavy atom. The van der Waals surface area contributed by atoms with Gasteiger partial charge in [-0.25, -0.2) is 4.79 Å². The number of ether oxygens (including phenoxy) is 2. The maximum absolute atomic E-state index is 12.0. The molecule has 0 saturated carbocycles. The van der Waals surface area contributed by atoms with Crippen LogP contribution in [-0.4, -0.2) is 35.4 Å². The van der Waals surface area contributed by atoms with Crippen molar-refractivity contribution in [3.63, 3.8) is 0 Å². The molecule has 1 amide bonds. The van der Waals surface area contributed by atoms with Crippen molar-refractivity contribution in [2.45, 2.75) is 13.0 Å². The van der Waals surface area contributed by atoms with Crippen molar-refractivity contribution in [2.75, 3.05) is 12.4 Å². The van der Waals surface area contributed by atoms with Crippen molar-refractivity contribution < 1.29 is 34.1 Å². The summed E-state index contributed by atoms with van der Waals surface area (Å²) in [7, 11) is 1.43. The third-order valence-corrected chi connectivity index (χ3v) is 4.18. The summed E-state index contributed by atoms with van der Waals surface area (Å²) < 4.78 is 10.4. The van der Waals surface area contributed by atoms with Gasteiger partial charge < -0.3 is 19.7 Å². The molecule has 3 N–H and O–H groups in total. The first-order valence-electron chi connectivity index (χ1n) is 8.11. The zero-order chi connectivity index (χ0) is 20.7. The molecule has 148 valence electrons. The number of aliphatic carboxylic acids is 2. The van der Waals surface area contributed by atoms with Crippen molar-refractivity contribution in [3.05, 3.63) is 58.6 Å². The van der Waals surface area contributed by atoms with Crippen LogP contribution in [-0.2, 0) is 27.4 Å². The predicted molar refractivity (Wildman–Crippen MR) is 101 cm³/mol. The van der Waals surface area contributed by atoms with E-state index in [9.17, 15) is 14.4 Å². The zero-order valence-corrected chi connectivity index (χ0v) is 15.6. The van der Waals surface area contributed by atoms with Crippen molar-refractivity contribution in [1.82, 2.24) is 0 Å². The number of hydrogen-bond acceptors (Lipinski definition) is 5. The van der Waals surface area contributed by atoms with Crippen LogP contribution in [0.5, 0.6) is 5.75 Å². The fraction of sp³-hybridized carbons (Fsp3) is 0.211. The molecule has 28 heavy (non-hydrogen) atoms. The van der Waals surface area contributed by atoms with Gasteiger partial charge in [-0.2, -0.15) is 0 Å². The molecule has 0 fully saturated rings. The van der Waals surface area contributed by atoms with Gasteiger partial charge in [-0.15, -0.1) is 0 Å². The highest BCUT2D eigenvalue weighted by molar-refractivity contribution is 6.33. The first-order chi connectivity index (χ1) is 13.3. The number of carbonyl (C=O) groups is 3. The summed E-state index contributed by atoms with van der Waals surface area (Å²) in [5.41, 5.74) is 1.31. The number of halogens is 1. The Bertz CT molecular complexity index is 870. The number of anilines is 1. The largest absolute Gasteiger partial charge is 0.496 e. The highest BCUT2D eigenvalue weighted by atomic mass is 35.5. The fourth-order valence-corrected chi connectivity index (χ4v) is 2.62. The lowest BCUT2D eigenvalue weighted by atomic mass is 9.98. The van der Waals surface area contributed by atoms with Crippen molar-refractivity contribution in [3.8, 4) is 5.75 Å². The maximum atomic E-state index is 12.0. The molecule has 0 unspecified atom stereocenters. The quantitative estimate of drug-likeness (QED) is 0.573. The second kappa shape index (κ2) is 9.61. The molecule has 0 aromatic heterocycles. The number of carboxylic acids is 2. The number of carbonyl (C=O) groups excluding carboxylic acids is 1. The lowest BCUT2D eigenvalue weighted by Gasteiger charge is -2.13. The Labute approximate surface area is 165 Å². The third-order valence-electron chi connectivity index (χ3n) is 3.85. The van der Waals surface area contributed by atoms with E-state index in [1.54, 1.807) is 42.5 Å². The number of nitrogens with one attached hydrogen (secondary N) is 1. The van der Waals surface area contributed by atoms with Crippen LogP contribution < -0.4 is 10.1 Å². The Hall–Kier alpha value is -3.26. The van der Waals surface area contributed by atoms with Crippen LogP contribution in [0.15, 0.2) is 42.5 Å². The summed E-state index contributed by atoms with van der Waals surface area (Å²) in [4.78, 5) is 34.1. The third kappa shape index (κ3) is 5.62. The summed E-state index contributed by atoms with van der Waals surface area (Å²) in [6, 6.07) is 11.3. The van der Waals surface area contributed by atoms with Crippen LogP contribution in [0.1, 0.15) is 11.1 Å². The van der Waals surface area contributed by atoms with E-state index in [0.29, 0.717) is 27.6 Å². The Balaban J connectivity index is 2.09. The molecule has 0 saturated heterocycles. The van der Waals surface area contributed by atoms with Gasteiger partial charge in [0.2, 0.25) is 0 Å². The molecule has 0 bridgehead atoms. The standard InChI is InChI=1S/C19H18ClNO7/c1-27-16-7-6-11(9-13(17(22)23)18(24)25)8-12(16)10-28-19(26)21-15-5-3-2-4-14(15)20/h2-8,13H,9-10H2,1H3,(H,21,26)(H,22,23)(H,24,25). The van der Waals surface area contributed by atoms with Crippen molar-refractivity contribution in [2.24, 2.45) is 5.92 Å². The molecule has 0 aliphatic carbocycles. The summed E-state index contributed by atoms with van der Waals surface area (Å²) in [6.45, 7) is -0.169. The lowest BCUT2D eigenvalue weighted by molar-refractivity contribution is -0.154. The van der Waals surface area contributed by atoms with Gasteiger partial charge in [-0.1, -0.05) is 29.8 Å². The lowest BCUT2D eigenvalue weighted by Crippen LogP contribution is -2.25. The zero-order valence-electron chi connectivity index (χ0n) is 14.8. The van der Waals surface area contributed by atoms with Gasteiger partial charge in [0, 0.05) is 5.56 Å². The van der Waals surface area contributed by atoms with E-state index in [2.05, 4.69) is 5.32 Å². The van der Waals surface area contributed by atoms with Crippen LogP contribution in [0.25, 0.3) is 0 Å². The minimum Gasteiger partial charge on any atom is -0.496 e. The molecule has 8 nitrogen and oxygen atoms in total. The summed E-state index contributed by atoms with van der Waals surface area (Å²) in [6.07, 6.45) is -0.956. The molecule has 0 spiro atoms. The topological polar surface area (TPSA) is 122 Å². The Morgan fingerprint density at radius 2 is 1.79 bits per heavy atom. The molecule has 2 rings (SSSR count). The van der Waals surface area contributed by atoms with E-state index >= 15 is 0 Å². The van der Waals surface area contributed by atoms with Crippen LogP contribution in [0.2, 0.25) is 5.02 Å². The van der Waals surface area contributed by atoms with E-state index in [0.717, 1.165) is 0 Å². The normalized spacial score (nSPS) is 10.4. The molecule has 0 atom stereocenters. The summed E-state index contributed by atoms with van der Waals surface area (Å²) in [5.74, 6) is -4.03. The molecule has 9 heteroatoms. The number of benzene rings is 2. The second-order valence-corrected chi connectivity index (χ2v) is 6.17. The van der Waals surface area contributed by atoms with Gasteiger partial charge in [-0.3, -0.25) is 14.9 Å². The smallest absolute Gasteiger partial charge is 0.412 e. The molecular formula is C19H18ClNO7. The van der Waals surface area contributed by atoms with Gasteiger partial charge in [0.1, 0.15) is 12.4 Å². The van der Waals surface area contributed by atoms with Crippen LogP contribution in [0, 0.1) is 5.92 Å². The van der Waals surface area contributed by atoms with E-state index in [1.807, 2.05) is 0 Å². The number of amides is 1. The van der Waals surface area contributed by atoms with E-state index < -0.39 is 23.9 Å². The van der Waals surface area contributed by atoms with E-state index in [1.165, 1.54) is 7.11 Å². The Morgan fingerprint density at radius 3 is 2.39 bits per heavy atom. The molecular weight excluding hydrogens is 390 g/mol. The molecule has 0 aliphatic rings. The van der Waals surface area contributed by atoms with Gasteiger partial charge in [0.25, 0.3) is 0 Å². The number of carboxylic acid groups (broad SMARTS) is 2. The first kappa shape index (κ1) is 21.0. The molecule has 0 radical (unpaired) electrons. The first-order valence-corrected chi connectivity index (χ1v) is 8.49. The number of para-hydroxylation sites is 1. The molecule has 0 heterocycles. The average molecular weight is 408 g/mol. The van der Waals surface area contributed by atoms with E-state index in [-0.39, 0.29) is 13.0 Å². The van der Waals surface area contributed by atoms with Crippen LogP contribution >= 0.6 is 11.6 Å². The molecule has 0 aliphatic heterocycles. The predicted octanol–water partition coefficient (Wildman–Crippen LogP) is 3.43. The van der Waals surface area contributed by atoms with Crippen LogP contribution in [0.4, 0.5) is 10.5 Å². The van der Waals surface area contributed by atoms with Crippen LogP contribution in [0.3, 0.4) is 0 Å². The fourth-order valence-electron chi connectivity index (χ4n) is 2.44. The highest BCUT2D eigenvalue weighted by Crippen LogP contribution is 2.24. The number of hydrogen-bond donors (Lipinski definition) is 3. The second-order valence-electron chi connectivity index (χ2n) is 5.76. The van der Waals surface area contributed by atoms with Crippen molar-refractivity contribution >= 4 is 35.3 Å². The molecule has 2 aromatic carbocycles. The minimum absolute atomic E-state index is 0.169. The SMILES string of the molecule is COc1ccc(CC(C(=O)O)C(=O)O)cc1COC(=O)Nc1ccccc1Cl. The summed E-state index contributed by atoms with van der Waals surface area (Å²) >= 11 is 5.97. The maximum Gasteiger partial charge on any atom is 0.412 e. The number of rotatable bonds is 8.